The maximum Gasteiger partial charge on any atom is 0.337 e. The highest BCUT2D eigenvalue weighted by molar-refractivity contribution is 5.94. The lowest BCUT2D eigenvalue weighted by Gasteiger charge is -2.39. The number of hydrogen-bond acceptors (Lipinski definition) is 3. The Morgan fingerprint density at radius 1 is 1.43 bits per heavy atom. The zero-order valence-corrected chi connectivity index (χ0v) is 12.8. The first-order valence-electron chi connectivity index (χ1n) is 7.36. The van der Waals surface area contributed by atoms with E-state index in [1.165, 1.54) is 12.1 Å². The first kappa shape index (κ1) is 15.5. The van der Waals surface area contributed by atoms with Crippen LogP contribution < -0.4 is 0 Å². The number of carboxylic acids is 1. The SMILES string of the molecule is CCC1(C)CCCN(C(=O)c2ccc(C(=O)O)c(C)n2)C1. The molecule has 1 N–H and O–H groups in total. The monoisotopic (exact) mass is 290 g/mol. The molecule has 1 aromatic heterocycles. The molecule has 0 aliphatic carbocycles. The van der Waals surface area contributed by atoms with Gasteiger partial charge in [-0.2, -0.15) is 0 Å². The number of pyridine rings is 1. The largest absolute Gasteiger partial charge is 0.478 e. The molecule has 1 saturated heterocycles. The van der Waals surface area contributed by atoms with Crippen molar-refractivity contribution in [1.29, 1.82) is 0 Å². The lowest BCUT2D eigenvalue weighted by atomic mass is 9.79. The lowest BCUT2D eigenvalue weighted by molar-refractivity contribution is 0.0536. The number of carbonyl (C=O) groups excluding carboxylic acids is 1. The summed E-state index contributed by atoms with van der Waals surface area (Å²) in [4.78, 5) is 29.6. The summed E-state index contributed by atoms with van der Waals surface area (Å²) in [7, 11) is 0. The third-order valence-corrected chi connectivity index (χ3v) is 4.46. The minimum Gasteiger partial charge on any atom is -0.478 e. The second kappa shape index (κ2) is 5.84. The van der Waals surface area contributed by atoms with Gasteiger partial charge in [-0.15, -0.1) is 0 Å². The Hall–Kier alpha value is -1.91. The highest BCUT2D eigenvalue weighted by Crippen LogP contribution is 2.33. The van der Waals surface area contributed by atoms with Crippen molar-refractivity contribution >= 4 is 11.9 Å². The Labute approximate surface area is 125 Å². The van der Waals surface area contributed by atoms with Gasteiger partial charge >= 0.3 is 5.97 Å². The van der Waals surface area contributed by atoms with E-state index < -0.39 is 5.97 Å². The third kappa shape index (κ3) is 3.23. The fourth-order valence-corrected chi connectivity index (χ4v) is 2.85. The quantitative estimate of drug-likeness (QED) is 0.929. The maximum absolute atomic E-state index is 12.6. The molecule has 1 aliphatic rings. The highest BCUT2D eigenvalue weighted by atomic mass is 16.4. The molecule has 1 aromatic rings. The van der Waals surface area contributed by atoms with Crippen LogP contribution in [0.25, 0.3) is 0 Å². The van der Waals surface area contributed by atoms with Crippen LogP contribution >= 0.6 is 0 Å². The van der Waals surface area contributed by atoms with E-state index in [2.05, 4.69) is 18.8 Å². The minimum absolute atomic E-state index is 0.102. The molecule has 2 rings (SSSR count). The van der Waals surface area contributed by atoms with E-state index >= 15 is 0 Å². The standard InChI is InChI=1S/C16H22N2O3/c1-4-16(3)8-5-9-18(10-16)14(19)13-7-6-12(15(20)21)11(2)17-13/h6-7H,4-5,8-10H2,1-3H3,(H,20,21). The number of amides is 1. The predicted molar refractivity (Wildman–Crippen MR) is 79.5 cm³/mol. The summed E-state index contributed by atoms with van der Waals surface area (Å²) >= 11 is 0. The Bertz CT molecular complexity index is 571. The van der Waals surface area contributed by atoms with Crippen LogP contribution in [0.4, 0.5) is 0 Å². The van der Waals surface area contributed by atoms with E-state index in [9.17, 15) is 9.59 Å². The molecule has 0 radical (unpaired) electrons. The van der Waals surface area contributed by atoms with Gasteiger partial charge in [0.1, 0.15) is 5.69 Å². The average Bonchev–Trinajstić information content (AvgIpc) is 2.46. The number of hydrogen-bond donors (Lipinski definition) is 1. The number of carbonyl (C=O) groups is 2. The van der Waals surface area contributed by atoms with E-state index in [0.717, 1.165) is 32.4 Å². The van der Waals surface area contributed by atoms with Crippen LogP contribution in [0.1, 0.15) is 59.7 Å². The molecule has 1 aliphatic heterocycles. The fraction of sp³-hybridized carbons (Fsp3) is 0.562. The number of nitrogens with zero attached hydrogens (tertiary/aromatic N) is 2. The summed E-state index contributed by atoms with van der Waals surface area (Å²) < 4.78 is 0. The highest BCUT2D eigenvalue weighted by Gasteiger charge is 2.32. The summed E-state index contributed by atoms with van der Waals surface area (Å²) in [6.07, 6.45) is 3.18. The fourth-order valence-electron chi connectivity index (χ4n) is 2.85. The van der Waals surface area contributed by atoms with Crippen molar-refractivity contribution in [2.24, 2.45) is 5.41 Å². The van der Waals surface area contributed by atoms with Gasteiger partial charge in [0.2, 0.25) is 0 Å². The van der Waals surface area contributed by atoms with Gasteiger partial charge in [-0.3, -0.25) is 4.79 Å². The number of carboxylic acid groups (broad SMARTS) is 1. The molecular weight excluding hydrogens is 268 g/mol. The molecule has 0 aromatic carbocycles. The second-order valence-electron chi connectivity index (χ2n) is 6.13. The van der Waals surface area contributed by atoms with Gasteiger partial charge in [-0.1, -0.05) is 13.8 Å². The van der Waals surface area contributed by atoms with Crippen LogP contribution in [0.5, 0.6) is 0 Å². The Morgan fingerprint density at radius 3 is 2.71 bits per heavy atom. The molecular formula is C16H22N2O3. The predicted octanol–water partition coefficient (Wildman–Crippen LogP) is 2.74. The Morgan fingerprint density at radius 2 is 2.14 bits per heavy atom. The molecule has 21 heavy (non-hydrogen) atoms. The molecule has 1 atom stereocenters. The van der Waals surface area contributed by atoms with E-state index in [1.807, 2.05) is 4.90 Å². The van der Waals surface area contributed by atoms with Crippen LogP contribution in [-0.2, 0) is 0 Å². The molecule has 114 valence electrons. The normalized spacial score (nSPS) is 22.1. The van der Waals surface area contributed by atoms with E-state index in [0.29, 0.717) is 11.4 Å². The topological polar surface area (TPSA) is 70.5 Å². The molecule has 0 bridgehead atoms. The zero-order chi connectivity index (χ0) is 15.6. The van der Waals surface area contributed by atoms with Gasteiger partial charge in [0.25, 0.3) is 5.91 Å². The lowest BCUT2D eigenvalue weighted by Crippen LogP contribution is -2.44. The maximum atomic E-state index is 12.6. The first-order chi connectivity index (χ1) is 9.86. The van der Waals surface area contributed by atoms with E-state index in [1.54, 1.807) is 6.92 Å². The van der Waals surface area contributed by atoms with Crippen molar-refractivity contribution in [3.63, 3.8) is 0 Å². The number of rotatable bonds is 3. The molecule has 1 fully saturated rings. The van der Waals surface area contributed by atoms with Crippen molar-refractivity contribution in [3.8, 4) is 0 Å². The summed E-state index contributed by atoms with van der Waals surface area (Å²) in [6.45, 7) is 7.46. The third-order valence-electron chi connectivity index (χ3n) is 4.46. The van der Waals surface area contributed by atoms with Crippen LogP contribution in [0.2, 0.25) is 0 Å². The number of aryl methyl sites for hydroxylation is 1. The van der Waals surface area contributed by atoms with Crippen LogP contribution in [0.3, 0.4) is 0 Å². The number of aromatic carboxylic acids is 1. The zero-order valence-electron chi connectivity index (χ0n) is 12.8. The van der Waals surface area contributed by atoms with Gasteiger partial charge < -0.3 is 10.0 Å². The average molecular weight is 290 g/mol. The summed E-state index contributed by atoms with van der Waals surface area (Å²) in [5, 5.41) is 9.01. The second-order valence-corrected chi connectivity index (χ2v) is 6.13. The summed E-state index contributed by atoms with van der Waals surface area (Å²) in [5.74, 6) is -1.12. The molecule has 0 spiro atoms. The van der Waals surface area contributed by atoms with E-state index in [4.69, 9.17) is 5.11 Å². The Balaban J connectivity index is 2.20. The number of piperidine rings is 1. The Kier molecular flexibility index (Phi) is 4.30. The minimum atomic E-state index is -1.02. The van der Waals surface area contributed by atoms with E-state index in [-0.39, 0.29) is 16.9 Å². The van der Waals surface area contributed by atoms with Gasteiger partial charge in [-0.25, -0.2) is 9.78 Å². The summed E-state index contributed by atoms with van der Waals surface area (Å²) in [6, 6.07) is 2.97. The van der Waals surface area contributed by atoms with Gasteiger partial charge in [0, 0.05) is 13.1 Å². The molecule has 1 amide bonds. The van der Waals surface area contributed by atoms with Gasteiger partial charge in [0.15, 0.2) is 0 Å². The molecule has 5 nitrogen and oxygen atoms in total. The van der Waals surface area contributed by atoms with Gasteiger partial charge in [-0.05, 0) is 43.7 Å². The van der Waals surface area contributed by atoms with Crippen molar-refractivity contribution in [3.05, 3.63) is 29.1 Å². The van der Waals surface area contributed by atoms with Crippen molar-refractivity contribution < 1.29 is 14.7 Å². The van der Waals surface area contributed by atoms with Crippen LogP contribution in [0.15, 0.2) is 12.1 Å². The molecule has 5 heteroatoms. The molecule has 2 heterocycles. The number of aromatic nitrogens is 1. The van der Waals surface area contributed by atoms with Crippen molar-refractivity contribution in [2.75, 3.05) is 13.1 Å². The van der Waals surface area contributed by atoms with Crippen LogP contribution in [0, 0.1) is 12.3 Å². The molecule has 0 saturated carbocycles. The first-order valence-corrected chi connectivity index (χ1v) is 7.36. The smallest absolute Gasteiger partial charge is 0.337 e. The van der Waals surface area contributed by atoms with Gasteiger partial charge in [0.05, 0.1) is 11.3 Å². The van der Waals surface area contributed by atoms with Crippen molar-refractivity contribution in [1.82, 2.24) is 9.88 Å². The number of likely N-dealkylation sites (tertiary alicyclic amines) is 1. The molecule has 1 unspecified atom stereocenters. The summed E-state index contributed by atoms with van der Waals surface area (Å²) in [5.41, 5.74) is 1.02. The van der Waals surface area contributed by atoms with Crippen LogP contribution in [-0.4, -0.2) is 40.0 Å². The van der Waals surface area contributed by atoms with Crippen molar-refractivity contribution in [2.45, 2.75) is 40.0 Å².